The standard InChI is InChI=1S/C36H27NO4/c1-24(39)27-13-11-25(12-14-27)21-37-33-18-17-31(41-23-26-7-3-2-4-8-26)20-32(33)35(34(37)22-38)36(40)30-16-15-28-9-5-6-10-29(28)19-30/h2-20,22H,21,23H2,1H3. The number of hydrogen-bond donors (Lipinski definition) is 0. The van der Waals surface area contributed by atoms with E-state index in [0.29, 0.717) is 46.7 Å². The molecule has 0 bridgehead atoms. The molecule has 0 radical (unpaired) electrons. The van der Waals surface area contributed by atoms with Gasteiger partial charge in [0.1, 0.15) is 12.4 Å². The lowest BCUT2D eigenvalue weighted by atomic mass is 9.98. The highest BCUT2D eigenvalue weighted by Gasteiger charge is 2.24. The summed E-state index contributed by atoms with van der Waals surface area (Å²) in [5, 5.41) is 2.64. The minimum Gasteiger partial charge on any atom is -0.489 e. The van der Waals surface area contributed by atoms with Crippen LogP contribution in [0.4, 0.5) is 0 Å². The molecule has 5 nitrogen and oxygen atoms in total. The number of nitrogens with zero attached hydrogens (tertiary/aromatic N) is 1. The Morgan fingerprint density at radius 3 is 2.17 bits per heavy atom. The monoisotopic (exact) mass is 537 g/mol. The average Bonchev–Trinajstić information content (AvgIpc) is 3.32. The van der Waals surface area contributed by atoms with Gasteiger partial charge in [-0.3, -0.25) is 14.4 Å². The average molecular weight is 538 g/mol. The Labute approximate surface area is 237 Å². The molecule has 0 amide bonds. The molecule has 0 aliphatic heterocycles. The third-order valence-corrected chi connectivity index (χ3v) is 7.37. The topological polar surface area (TPSA) is 65.4 Å². The summed E-state index contributed by atoms with van der Waals surface area (Å²) < 4.78 is 7.96. The Bertz CT molecular complexity index is 1920. The predicted molar refractivity (Wildman–Crippen MR) is 161 cm³/mol. The molecule has 0 N–H and O–H groups in total. The molecule has 6 aromatic rings. The molecule has 5 aromatic carbocycles. The van der Waals surface area contributed by atoms with E-state index in [0.717, 1.165) is 33.7 Å². The maximum Gasteiger partial charge on any atom is 0.195 e. The van der Waals surface area contributed by atoms with Crippen LogP contribution in [0.5, 0.6) is 5.75 Å². The van der Waals surface area contributed by atoms with E-state index in [9.17, 15) is 14.4 Å². The summed E-state index contributed by atoms with van der Waals surface area (Å²) in [5.74, 6) is 0.367. The highest BCUT2D eigenvalue weighted by atomic mass is 16.5. The smallest absolute Gasteiger partial charge is 0.195 e. The highest BCUT2D eigenvalue weighted by Crippen LogP contribution is 2.32. The van der Waals surface area contributed by atoms with Crippen molar-refractivity contribution in [3.8, 4) is 5.75 Å². The largest absolute Gasteiger partial charge is 0.489 e. The van der Waals surface area contributed by atoms with Crippen LogP contribution in [-0.4, -0.2) is 22.4 Å². The van der Waals surface area contributed by atoms with Crippen LogP contribution in [0.25, 0.3) is 21.7 Å². The Hall–Kier alpha value is -5.29. The zero-order valence-electron chi connectivity index (χ0n) is 22.5. The first-order chi connectivity index (χ1) is 20.0. The first-order valence-corrected chi connectivity index (χ1v) is 13.4. The van der Waals surface area contributed by atoms with Gasteiger partial charge in [0.2, 0.25) is 0 Å². The number of carbonyl (C=O) groups excluding carboxylic acids is 3. The van der Waals surface area contributed by atoms with Crippen LogP contribution in [0, 0.1) is 0 Å². The van der Waals surface area contributed by atoms with Crippen molar-refractivity contribution >= 4 is 39.5 Å². The van der Waals surface area contributed by atoms with Crippen LogP contribution in [0.3, 0.4) is 0 Å². The summed E-state index contributed by atoms with van der Waals surface area (Å²) in [4.78, 5) is 38.5. The molecule has 0 unspecified atom stereocenters. The number of hydrogen-bond acceptors (Lipinski definition) is 4. The van der Waals surface area contributed by atoms with Crippen molar-refractivity contribution in [1.82, 2.24) is 4.57 Å². The van der Waals surface area contributed by atoms with Gasteiger partial charge in [0, 0.05) is 28.6 Å². The maximum absolute atomic E-state index is 14.1. The van der Waals surface area contributed by atoms with E-state index in [4.69, 9.17) is 4.74 Å². The molecule has 0 saturated heterocycles. The Morgan fingerprint density at radius 2 is 1.44 bits per heavy atom. The van der Waals surface area contributed by atoms with Crippen molar-refractivity contribution in [2.75, 3.05) is 0 Å². The van der Waals surface area contributed by atoms with Gasteiger partial charge in [-0.15, -0.1) is 0 Å². The van der Waals surface area contributed by atoms with Crippen LogP contribution < -0.4 is 4.74 Å². The zero-order valence-corrected chi connectivity index (χ0v) is 22.5. The number of rotatable bonds is 9. The second-order valence-electron chi connectivity index (χ2n) is 10.1. The number of carbonyl (C=O) groups is 3. The molecular weight excluding hydrogens is 510 g/mol. The van der Waals surface area contributed by atoms with Crippen molar-refractivity contribution in [3.63, 3.8) is 0 Å². The number of benzene rings is 5. The van der Waals surface area contributed by atoms with Gasteiger partial charge in [0.15, 0.2) is 17.9 Å². The van der Waals surface area contributed by atoms with E-state index < -0.39 is 0 Å². The van der Waals surface area contributed by atoms with Crippen molar-refractivity contribution in [2.45, 2.75) is 20.1 Å². The lowest BCUT2D eigenvalue weighted by Gasteiger charge is -2.10. The molecule has 0 fully saturated rings. The second-order valence-corrected chi connectivity index (χ2v) is 10.1. The van der Waals surface area contributed by atoms with Crippen LogP contribution in [0.2, 0.25) is 0 Å². The molecule has 1 heterocycles. The Balaban J connectivity index is 1.46. The van der Waals surface area contributed by atoms with Crippen molar-refractivity contribution in [1.29, 1.82) is 0 Å². The number of ether oxygens (including phenoxy) is 1. The Morgan fingerprint density at radius 1 is 0.732 bits per heavy atom. The number of fused-ring (bicyclic) bond motifs is 2. The summed E-state index contributed by atoms with van der Waals surface area (Å²) in [5.41, 5.74) is 4.45. The molecule has 5 heteroatoms. The lowest BCUT2D eigenvalue weighted by Crippen LogP contribution is -2.09. The van der Waals surface area contributed by atoms with E-state index in [-0.39, 0.29) is 11.6 Å². The van der Waals surface area contributed by atoms with Crippen LogP contribution in [-0.2, 0) is 13.2 Å². The van der Waals surface area contributed by atoms with Crippen molar-refractivity contribution in [2.24, 2.45) is 0 Å². The van der Waals surface area contributed by atoms with E-state index in [1.807, 2.05) is 102 Å². The summed E-state index contributed by atoms with van der Waals surface area (Å²) in [6.07, 6.45) is 0.753. The van der Waals surface area contributed by atoms with Gasteiger partial charge >= 0.3 is 0 Å². The van der Waals surface area contributed by atoms with Gasteiger partial charge < -0.3 is 9.30 Å². The molecular formula is C36H27NO4. The quantitative estimate of drug-likeness (QED) is 0.140. The normalized spacial score (nSPS) is 11.0. The molecule has 0 aliphatic rings. The van der Waals surface area contributed by atoms with Crippen LogP contribution in [0.15, 0.2) is 115 Å². The van der Waals surface area contributed by atoms with E-state index >= 15 is 0 Å². The minimum atomic E-state index is -0.228. The fraction of sp³-hybridized carbons (Fsp3) is 0.0833. The molecule has 0 aliphatic carbocycles. The van der Waals surface area contributed by atoms with Crippen molar-refractivity contribution < 1.29 is 19.1 Å². The summed E-state index contributed by atoms with van der Waals surface area (Å²) >= 11 is 0. The molecule has 0 spiro atoms. The molecule has 0 saturated carbocycles. The number of aromatic nitrogens is 1. The molecule has 6 rings (SSSR count). The first-order valence-electron chi connectivity index (χ1n) is 13.4. The van der Waals surface area contributed by atoms with Gasteiger partial charge in [-0.05, 0) is 53.1 Å². The number of Topliss-reactive ketones (excluding diaryl/α,β-unsaturated/α-hetero) is 1. The maximum atomic E-state index is 14.1. The molecule has 1 aromatic heterocycles. The van der Waals surface area contributed by atoms with Gasteiger partial charge in [-0.1, -0.05) is 91.0 Å². The van der Waals surface area contributed by atoms with Gasteiger partial charge in [-0.2, -0.15) is 0 Å². The lowest BCUT2D eigenvalue weighted by molar-refractivity contribution is 0.101. The van der Waals surface area contributed by atoms with Crippen LogP contribution >= 0.6 is 0 Å². The summed E-state index contributed by atoms with van der Waals surface area (Å²) in [7, 11) is 0. The van der Waals surface area contributed by atoms with E-state index in [1.165, 1.54) is 6.92 Å². The summed E-state index contributed by atoms with van der Waals surface area (Å²) in [6.45, 7) is 2.27. The number of ketones is 2. The fourth-order valence-electron chi connectivity index (χ4n) is 5.22. The second kappa shape index (κ2) is 11.1. The van der Waals surface area contributed by atoms with Gasteiger partial charge in [-0.25, -0.2) is 0 Å². The van der Waals surface area contributed by atoms with Crippen LogP contribution in [0.1, 0.15) is 54.8 Å². The molecule has 41 heavy (non-hydrogen) atoms. The SMILES string of the molecule is CC(=O)c1ccc(Cn2c(C=O)c(C(=O)c3ccc4ccccc4c3)c3cc(OCc4ccccc4)ccc32)cc1. The first kappa shape index (κ1) is 26.0. The Kier molecular flexibility index (Phi) is 7.00. The number of aldehydes is 1. The predicted octanol–water partition coefficient (Wildman–Crippen LogP) is 7.67. The molecule has 0 atom stereocenters. The van der Waals surface area contributed by atoms with E-state index in [2.05, 4.69) is 0 Å². The third kappa shape index (κ3) is 5.18. The minimum absolute atomic E-state index is 0.0113. The van der Waals surface area contributed by atoms with E-state index in [1.54, 1.807) is 18.2 Å². The molecule has 200 valence electrons. The van der Waals surface area contributed by atoms with Gasteiger partial charge in [0.05, 0.1) is 11.3 Å². The third-order valence-electron chi connectivity index (χ3n) is 7.37. The summed E-state index contributed by atoms with van der Waals surface area (Å²) in [6, 6.07) is 36.2. The zero-order chi connectivity index (χ0) is 28.3. The van der Waals surface area contributed by atoms with Gasteiger partial charge in [0.25, 0.3) is 0 Å². The fourth-order valence-corrected chi connectivity index (χ4v) is 5.22. The highest BCUT2D eigenvalue weighted by molar-refractivity contribution is 6.21. The van der Waals surface area contributed by atoms with Crippen molar-refractivity contribution in [3.05, 3.63) is 149 Å².